The van der Waals surface area contributed by atoms with Crippen LogP contribution in [0.4, 0.5) is 24.5 Å². The van der Waals surface area contributed by atoms with Crippen LogP contribution in [0.5, 0.6) is 5.75 Å². The van der Waals surface area contributed by atoms with Crippen molar-refractivity contribution in [3.05, 3.63) is 95.7 Å². The van der Waals surface area contributed by atoms with Gasteiger partial charge in [0.05, 0.1) is 23.4 Å². The molecule has 0 unspecified atom stereocenters. The zero-order valence-corrected chi connectivity index (χ0v) is 17.5. The molecule has 0 aliphatic carbocycles. The minimum absolute atomic E-state index is 0.0303. The first kappa shape index (κ1) is 22.1. The molecule has 0 aromatic heterocycles. The SMILES string of the molecule is CCOc1cccc(NC2=C(c3ccccc3)C(=O)N(c3cccc(C(F)(F)F)c3)C2=O)c1. The molecular weight excluding hydrogens is 433 g/mol. The van der Waals surface area contributed by atoms with Crippen molar-refractivity contribution in [1.29, 1.82) is 0 Å². The number of halogens is 3. The third-order valence-electron chi connectivity index (χ3n) is 4.99. The third-order valence-corrected chi connectivity index (χ3v) is 4.99. The Hall–Kier alpha value is -4.07. The van der Waals surface area contributed by atoms with Gasteiger partial charge in [-0.1, -0.05) is 42.5 Å². The van der Waals surface area contributed by atoms with E-state index in [1.807, 2.05) is 6.92 Å². The maximum absolute atomic E-state index is 13.3. The first-order valence-corrected chi connectivity index (χ1v) is 10.1. The number of anilines is 2. The van der Waals surface area contributed by atoms with Crippen LogP contribution in [-0.4, -0.2) is 18.4 Å². The highest BCUT2D eigenvalue weighted by Crippen LogP contribution is 2.37. The number of nitrogens with zero attached hydrogens (tertiary/aromatic N) is 1. The van der Waals surface area contributed by atoms with Gasteiger partial charge < -0.3 is 10.1 Å². The molecule has 0 bridgehead atoms. The summed E-state index contributed by atoms with van der Waals surface area (Å²) in [5.41, 5.74) is -0.108. The number of benzene rings is 3. The van der Waals surface area contributed by atoms with Gasteiger partial charge in [0.15, 0.2) is 0 Å². The van der Waals surface area contributed by atoms with Crippen molar-refractivity contribution in [1.82, 2.24) is 0 Å². The van der Waals surface area contributed by atoms with Gasteiger partial charge in [0.2, 0.25) is 0 Å². The molecule has 0 saturated heterocycles. The fraction of sp³-hybridized carbons (Fsp3) is 0.120. The number of imide groups is 1. The molecule has 0 fully saturated rings. The van der Waals surface area contributed by atoms with Crippen molar-refractivity contribution >= 4 is 28.8 Å². The number of hydrogen-bond donors (Lipinski definition) is 1. The maximum Gasteiger partial charge on any atom is 0.416 e. The zero-order valence-electron chi connectivity index (χ0n) is 17.5. The molecule has 0 atom stereocenters. The summed E-state index contributed by atoms with van der Waals surface area (Å²) in [7, 11) is 0. The van der Waals surface area contributed by atoms with Crippen LogP contribution in [0.1, 0.15) is 18.1 Å². The number of carbonyl (C=O) groups is 2. The Kier molecular flexibility index (Phi) is 5.91. The van der Waals surface area contributed by atoms with E-state index in [1.54, 1.807) is 54.6 Å². The molecule has 3 aromatic carbocycles. The van der Waals surface area contributed by atoms with Gasteiger partial charge in [-0.05, 0) is 42.8 Å². The molecule has 5 nitrogen and oxygen atoms in total. The highest BCUT2D eigenvalue weighted by atomic mass is 19.4. The number of rotatable bonds is 6. The van der Waals surface area contributed by atoms with E-state index in [-0.39, 0.29) is 17.0 Å². The molecular formula is C25H19F3N2O3. The topological polar surface area (TPSA) is 58.6 Å². The van der Waals surface area contributed by atoms with Crippen LogP contribution in [0.25, 0.3) is 5.57 Å². The van der Waals surface area contributed by atoms with Gasteiger partial charge in [-0.2, -0.15) is 13.2 Å². The summed E-state index contributed by atoms with van der Waals surface area (Å²) in [4.78, 5) is 27.5. The van der Waals surface area contributed by atoms with E-state index in [0.29, 0.717) is 23.6 Å². The Balaban J connectivity index is 1.78. The molecule has 1 heterocycles. The fourth-order valence-electron chi connectivity index (χ4n) is 3.55. The minimum atomic E-state index is -4.61. The lowest BCUT2D eigenvalue weighted by Crippen LogP contribution is -2.32. The van der Waals surface area contributed by atoms with Crippen molar-refractivity contribution in [2.75, 3.05) is 16.8 Å². The highest BCUT2D eigenvalue weighted by molar-refractivity contribution is 6.46. The Morgan fingerprint density at radius 1 is 0.879 bits per heavy atom. The van der Waals surface area contributed by atoms with Crippen LogP contribution in [0.3, 0.4) is 0 Å². The van der Waals surface area contributed by atoms with E-state index < -0.39 is 23.6 Å². The molecule has 0 spiro atoms. The molecule has 1 aliphatic rings. The average molecular weight is 452 g/mol. The lowest BCUT2D eigenvalue weighted by molar-refractivity contribution is -0.137. The van der Waals surface area contributed by atoms with E-state index in [2.05, 4.69) is 5.32 Å². The summed E-state index contributed by atoms with van der Waals surface area (Å²) in [6.45, 7) is 2.28. The summed E-state index contributed by atoms with van der Waals surface area (Å²) < 4.78 is 45.2. The third kappa shape index (κ3) is 4.45. The second kappa shape index (κ2) is 8.82. The smallest absolute Gasteiger partial charge is 0.416 e. The fourth-order valence-corrected chi connectivity index (χ4v) is 3.55. The molecule has 0 saturated carbocycles. The number of ether oxygens (including phenoxy) is 1. The largest absolute Gasteiger partial charge is 0.494 e. The van der Waals surface area contributed by atoms with Crippen molar-refractivity contribution in [3.63, 3.8) is 0 Å². The maximum atomic E-state index is 13.3. The molecule has 2 amide bonds. The highest BCUT2D eigenvalue weighted by Gasteiger charge is 2.41. The average Bonchev–Trinajstić information content (AvgIpc) is 3.03. The summed E-state index contributed by atoms with van der Waals surface area (Å²) in [5.74, 6) is -0.898. The van der Waals surface area contributed by atoms with Crippen molar-refractivity contribution in [2.45, 2.75) is 13.1 Å². The molecule has 0 radical (unpaired) electrons. The van der Waals surface area contributed by atoms with Crippen molar-refractivity contribution < 1.29 is 27.5 Å². The predicted octanol–water partition coefficient (Wildman–Crippen LogP) is 5.50. The quantitative estimate of drug-likeness (QED) is 0.502. The molecule has 168 valence electrons. The summed E-state index contributed by atoms with van der Waals surface area (Å²) in [6, 6.07) is 19.5. The van der Waals surface area contributed by atoms with E-state index in [9.17, 15) is 22.8 Å². The van der Waals surface area contributed by atoms with E-state index in [1.165, 1.54) is 6.07 Å². The summed E-state index contributed by atoms with van der Waals surface area (Å²) in [5, 5.41) is 2.98. The minimum Gasteiger partial charge on any atom is -0.494 e. The van der Waals surface area contributed by atoms with Gasteiger partial charge in [-0.3, -0.25) is 9.59 Å². The van der Waals surface area contributed by atoms with Crippen molar-refractivity contribution in [2.24, 2.45) is 0 Å². The van der Waals surface area contributed by atoms with Crippen molar-refractivity contribution in [3.8, 4) is 5.75 Å². The van der Waals surface area contributed by atoms with Gasteiger partial charge in [-0.25, -0.2) is 4.90 Å². The Labute approximate surface area is 188 Å². The molecule has 1 N–H and O–H groups in total. The van der Waals surface area contributed by atoms with Gasteiger partial charge in [-0.15, -0.1) is 0 Å². The summed E-state index contributed by atoms with van der Waals surface area (Å²) >= 11 is 0. The monoisotopic (exact) mass is 452 g/mol. The van der Waals surface area contributed by atoms with Gasteiger partial charge >= 0.3 is 6.18 Å². The van der Waals surface area contributed by atoms with Gasteiger partial charge in [0.25, 0.3) is 11.8 Å². The van der Waals surface area contributed by atoms with E-state index in [0.717, 1.165) is 23.1 Å². The second-order valence-electron chi connectivity index (χ2n) is 7.20. The molecule has 3 aromatic rings. The molecule has 33 heavy (non-hydrogen) atoms. The zero-order chi connectivity index (χ0) is 23.6. The lowest BCUT2D eigenvalue weighted by atomic mass is 10.0. The second-order valence-corrected chi connectivity index (χ2v) is 7.20. The standard InChI is InChI=1S/C25H19F3N2O3/c1-2-33-20-13-7-11-18(15-20)29-22-21(16-8-4-3-5-9-16)23(31)30(24(22)32)19-12-6-10-17(14-19)25(26,27)28/h3-15,29H,2H2,1H3. The van der Waals surface area contributed by atoms with Crippen LogP contribution in [-0.2, 0) is 15.8 Å². The Morgan fingerprint density at radius 3 is 2.30 bits per heavy atom. The van der Waals surface area contributed by atoms with Crippen LogP contribution >= 0.6 is 0 Å². The Bertz CT molecular complexity index is 1240. The number of carbonyl (C=O) groups excluding carboxylic acids is 2. The van der Waals surface area contributed by atoms with E-state index in [4.69, 9.17) is 4.74 Å². The number of alkyl halides is 3. The Morgan fingerprint density at radius 2 is 1.61 bits per heavy atom. The van der Waals surface area contributed by atoms with Crippen LogP contribution in [0.2, 0.25) is 0 Å². The van der Waals surface area contributed by atoms with Crippen LogP contribution in [0, 0.1) is 0 Å². The first-order valence-electron chi connectivity index (χ1n) is 10.1. The molecule has 1 aliphatic heterocycles. The van der Waals surface area contributed by atoms with Gasteiger partial charge in [0.1, 0.15) is 11.4 Å². The normalized spacial score (nSPS) is 14.1. The number of nitrogens with one attached hydrogen (secondary N) is 1. The number of hydrogen-bond acceptors (Lipinski definition) is 4. The van der Waals surface area contributed by atoms with Crippen LogP contribution < -0.4 is 15.0 Å². The number of amides is 2. The molecule has 4 rings (SSSR count). The van der Waals surface area contributed by atoms with Gasteiger partial charge in [0, 0.05) is 11.8 Å². The van der Waals surface area contributed by atoms with Crippen LogP contribution in [0.15, 0.2) is 84.6 Å². The first-order chi connectivity index (χ1) is 15.8. The predicted molar refractivity (Wildman–Crippen MR) is 119 cm³/mol. The summed E-state index contributed by atoms with van der Waals surface area (Å²) in [6.07, 6.45) is -4.61. The van der Waals surface area contributed by atoms with E-state index >= 15 is 0 Å². The lowest BCUT2D eigenvalue weighted by Gasteiger charge is -2.17. The molecule has 8 heteroatoms.